The van der Waals surface area contributed by atoms with Crippen LogP contribution in [-0.2, 0) is 11.3 Å². The Morgan fingerprint density at radius 1 is 1.62 bits per heavy atom. The standard InChI is InChI=1S/C9H12N6O/c1-7-11-9(14-13-7)12-8(16)3-6-15-5-2-4-10-15/h2,4-5H,3,6H2,1H3,(H2,11,12,13,14,16). The molecular formula is C9H12N6O. The summed E-state index contributed by atoms with van der Waals surface area (Å²) in [7, 11) is 0. The lowest BCUT2D eigenvalue weighted by Crippen LogP contribution is -2.15. The lowest BCUT2D eigenvalue weighted by Gasteiger charge is -2.01. The molecule has 0 fully saturated rings. The van der Waals surface area contributed by atoms with E-state index < -0.39 is 0 Å². The van der Waals surface area contributed by atoms with Crippen molar-refractivity contribution in [3.8, 4) is 0 Å². The smallest absolute Gasteiger partial charge is 0.248 e. The Kier molecular flexibility index (Phi) is 2.95. The van der Waals surface area contributed by atoms with Crippen LogP contribution in [0.3, 0.4) is 0 Å². The maximum absolute atomic E-state index is 11.5. The van der Waals surface area contributed by atoms with Gasteiger partial charge in [-0.05, 0) is 13.0 Å². The summed E-state index contributed by atoms with van der Waals surface area (Å²) in [4.78, 5) is 15.4. The first-order valence-corrected chi connectivity index (χ1v) is 4.90. The van der Waals surface area contributed by atoms with Crippen molar-refractivity contribution in [2.24, 2.45) is 0 Å². The molecule has 0 aromatic carbocycles. The van der Waals surface area contributed by atoms with Crippen molar-refractivity contribution in [3.63, 3.8) is 0 Å². The van der Waals surface area contributed by atoms with E-state index in [0.29, 0.717) is 24.7 Å². The number of hydrogen-bond donors (Lipinski definition) is 2. The molecule has 16 heavy (non-hydrogen) atoms. The lowest BCUT2D eigenvalue weighted by atomic mass is 10.4. The second kappa shape index (κ2) is 4.56. The minimum Gasteiger partial charge on any atom is -0.293 e. The van der Waals surface area contributed by atoms with Gasteiger partial charge in [-0.25, -0.2) is 0 Å². The molecule has 2 N–H and O–H groups in total. The maximum atomic E-state index is 11.5. The van der Waals surface area contributed by atoms with Gasteiger partial charge in [-0.3, -0.25) is 19.9 Å². The Bertz CT molecular complexity index is 460. The summed E-state index contributed by atoms with van der Waals surface area (Å²) in [6.07, 6.45) is 3.83. The average Bonchev–Trinajstić information content (AvgIpc) is 2.87. The van der Waals surface area contributed by atoms with Crippen LogP contribution in [0.5, 0.6) is 0 Å². The summed E-state index contributed by atoms with van der Waals surface area (Å²) in [5.41, 5.74) is 0. The summed E-state index contributed by atoms with van der Waals surface area (Å²) < 4.78 is 1.70. The van der Waals surface area contributed by atoms with E-state index in [9.17, 15) is 4.79 Å². The SMILES string of the molecule is Cc1nc(NC(=O)CCn2cccn2)n[nH]1. The molecule has 7 heteroatoms. The molecule has 0 saturated heterocycles. The molecule has 0 saturated carbocycles. The second-order valence-electron chi connectivity index (χ2n) is 3.31. The highest BCUT2D eigenvalue weighted by Gasteiger charge is 2.05. The van der Waals surface area contributed by atoms with Gasteiger partial charge in [0.15, 0.2) is 0 Å². The molecule has 0 aliphatic carbocycles. The molecule has 0 atom stereocenters. The molecule has 0 aliphatic rings. The zero-order valence-electron chi connectivity index (χ0n) is 8.84. The molecule has 0 radical (unpaired) electrons. The van der Waals surface area contributed by atoms with Crippen LogP contribution in [0.4, 0.5) is 5.95 Å². The number of amides is 1. The number of anilines is 1. The largest absolute Gasteiger partial charge is 0.293 e. The van der Waals surface area contributed by atoms with Gasteiger partial charge in [0.2, 0.25) is 11.9 Å². The number of nitrogens with zero attached hydrogens (tertiary/aromatic N) is 4. The molecule has 2 rings (SSSR count). The van der Waals surface area contributed by atoms with E-state index >= 15 is 0 Å². The van der Waals surface area contributed by atoms with Crippen LogP contribution in [0.25, 0.3) is 0 Å². The van der Waals surface area contributed by atoms with Crippen molar-refractivity contribution in [1.29, 1.82) is 0 Å². The molecule has 0 bridgehead atoms. The van der Waals surface area contributed by atoms with Crippen molar-refractivity contribution in [2.45, 2.75) is 19.9 Å². The van der Waals surface area contributed by atoms with Gasteiger partial charge in [0.25, 0.3) is 0 Å². The van der Waals surface area contributed by atoms with Gasteiger partial charge in [-0.1, -0.05) is 0 Å². The molecule has 1 amide bonds. The highest BCUT2D eigenvalue weighted by molar-refractivity contribution is 5.88. The number of hydrogen-bond acceptors (Lipinski definition) is 4. The third-order valence-electron chi connectivity index (χ3n) is 1.98. The second-order valence-corrected chi connectivity index (χ2v) is 3.31. The molecule has 2 heterocycles. The number of aromatic nitrogens is 5. The van der Waals surface area contributed by atoms with Crippen LogP contribution in [0.1, 0.15) is 12.2 Å². The molecule has 84 valence electrons. The van der Waals surface area contributed by atoms with Crippen LogP contribution in [0, 0.1) is 6.92 Å². The van der Waals surface area contributed by atoms with Gasteiger partial charge >= 0.3 is 0 Å². The highest BCUT2D eigenvalue weighted by atomic mass is 16.1. The molecule has 0 unspecified atom stereocenters. The lowest BCUT2D eigenvalue weighted by molar-refractivity contribution is -0.116. The van der Waals surface area contributed by atoms with E-state index in [1.54, 1.807) is 17.8 Å². The van der Waals surface area contributed by atoms with E-state index in [2.05, 4.69) is 25.6 Å². The first kappa shape index (κ1) is 10.3. The number of carbonyl (C=O) groups excluding carboxylic acids is 1. The van der Waals surface area contributed by atoms with Crippen LogP contribution >= 0.6 is 0 Å². The Labute approximate surface area is 91.9 Å². The third kappa shape index (κ3) is 2.66. The molecule has 7 nitrogen and oxygen atoms in total. The van der Waals surface area contributed by atoms with E-state index in [-0.39, 0.29) is 5.91 Å². The van der Waals surface area contributed by atoms with Gasteiger partial charge in [0.1, 0.15) is 5.82 Å². The normalized spacial score (nSPS) is 10.3. The summed E-state index contributed by atoms with van der Waals surface area (Å²) >= 11 is 0. The summed E-state index contributed by atoms with van der Waals surface area (Å²) in [5.74, 6) is 0.847. The Hall–Kier alpha value is -2.18. The minimum atomic E-state index is -0.130. The van der Waals surface area contributed by atoms with Gasteiger partial charge in [0.05, 0.1) is 0 Å². The summed E-state index contributed by atoms with van der Waals surface area (Å²) in [6.45, 7) is 2.31. The number of H-pyrrole nitrogens is 1. The predicted molar refractivity (Wildman–Crippen MR) is 56.6 cm³/mol. The number of aryl methyl sites for hydroxylation is 2. The van der Waals surface area contributed by atoms with Crippen LogP contribution in [-0.4, -0.2) is 30.9 Å². The topological polar surface area (TPSA) is 88.5 Å². The molecule has 2 aromatic rings. The van der Waals surface area contributed by atoms with Crippen molar-refractivity contribution in [2.75, 3.05) is 5.32 Å². The van der Waals surface area contributed by atoms with E-state index in [4.69, 9.17) is 0 Å². The Morgan fingerprint density at radius 2 is 2.50 bits per heavy atom. The van der Waals surface area contributed by atoms with Crippen molar-refractivity contribution in [1.82, 2.24) is 25.0 Å². The fraction of sp³-hybridized carbons (Fsp3) is 0.333. The maximum Gasteiger partial charge on any atom is 0.248 e. The van der Waals surface area contributed by atoms with Gasteiger partial charge in [0, 0.05) is 25.4 Å². The minimum absolute atomic E-state index is 0.130. The van der Waals surface area contributed by atoms with Crippen molar-refractivity contribution < 1.29 is 4.79 Å². The zero-order valence-corrected chi connectivity index (χ0v) is 8.84. The Morgan fingerprint density at radius 3 is 3.12 bits per heavy atom. The highest BCUT2D eigenvalue weighted by Crippen LogP contribution is 1.98. The summed E-state index contributed by atoms with van der Waals surface area (Å²) in [6, 6.07) is 1.82. The van der Waals surface area contributed by atoms with Gasteiger partial charge in [-0.2, -0.15) is 10.1 Å². The molecule has 0 spiro atoms. The summed E-state index contributed by atoms with van der Waals surface area (Å²) in [5, 5.41) is 13.1. The molecule has 2 aromatic heterocycles. The van der Waals surface area contributed by atoms with Gasteiger partial charge in [-0.15, -0.1) is 5.10 Å². The fourth-order valence-corrected chi connectivity index (χ4v) is 1.23. The van der Waals surface area contributed by atoms with Crippen molar-refractivity contribution in [3.05, 3.63) is 24.3 Å². The zero-order chi connectivity index (χ0) is 11.4. The first-order chi connectivity index (χ1) is 7.74. The van der Waals surface area contributed by atoms with Crippen LogP contribution < -0.4 is 5.32 Å². The van der Waals surface area contributed by atoms with E-state index in [1.165, 1.54) is 0 Å². The number of nitrogens with one attached hydrogen (secondary N) is 2. The van der Waals surface area contributed by atoms with Gasteiger partial charge < -0.3 is 0 Å². The van der Waals surface area contributed by atoms with Crippen molar-refractivity contribution >= 4 is 11.9 Å². The number of rotatable bonds is 4. The monoisotopic (exact) mass is 220 g/mol. The number of carbonyl (C=O) groups is 1. The van der Waals surface area contributed by atoms with Crippen LogP contribution in [0.2, 0.25) is 0 Å². The first-order valence-electron chi connectivity index (χ1n) is 4.90. The van der Waals surface area contributed by atoms with E-state index in [1.807, 2.05) is 12.3 Å². The third-order valence-corrected chi connectivity index (χ3v) is 1.98. The Balaban J connectivity index is 1.81. The average molecular weight is 220 g/mol. The fourth-order valence-electron chi connectivity index (χ4n) is 1.23. The number of aromatic amines is 1. The molecule has 0 aliphatic heterocycles. The predicted octanol–water partition coefficient (Wildman–Crippen LogP) is 0.338. The van der Waals surface area contributed by atoms with E-state index in [0.717, 1.165) is 0 Å². The molecular weight excluding hydrogens is 208 g/mol. The van der Waals surface area contributed by atoms with Crippen LogP contribution in [0.15, 0.2) is 18.5 Å². The quantitative estimate of drug-likeness (QED) is 0.777.